The lowest BCUT2D eigenvalue weighted by atomic mass is 10.1. The Bertz CT molecular complexity index is 1300. The molecule has 0 saturated carbocycles. The van der Waals surface area contributed by atoms with Crippen LogP contribution in [0.2, 0.25) is 0 Å². The van der Waals surface area contributed by atoms with Crippen molar-refractivity contribution in [1.29, 1.82) is 0 Å². The molecule has 2 amide bonds. The van der Waals surface area contributed by atoms with E-state index in [9.17, 15) is 9.59 Å². The number of nitrogens with one attached hydrogen (secondary N) is 1. The fourth-order valence-corrected chi connectivity index (χ4v) is 6.31. The number of thiazole rings is 1. The molecule has 2 aliphatic heterocycles. The van der Waals surface area contributed by atoms with Gasteiger partial charge in [-0.2, -0.15) is 10.1 Å². The number of aryl methyl sites for hydroxylation is 2. The van der Waals surface area contributed by atoms with Gasteiger partial charge in [0, 0.05) is 24.7 Å². The van der Waals surface area contributed by atoms with Crippen LogP contribution >= 0.6 is 11.3 Å². The Balaban J connectivity index is 1.45. The quantitative estimate of drug-likeness (QED) is 0.534. The average molecular weight is 509 g/mol. The Morgan fingerprint density at radius 3 is 2.56 bits per heavy atom. The number of carbonyl (C=O) groups excluding carboxylic acids is 2. The molecule has 0 unspecified atom stereocenters. The van der Waals surface area contributed by atoms with E-state index in [0.29, 0.717) is 22.0 Å². The molecule has 0 bridgehead atoms. The van der Waals surface area contributed by atoms with Crippen LogP contribution in [-0.4, -0.2) is 68.6 Å². The summed E-state index contributed by atoms with van der Waals surface area (Å²) in [7, 11) is 0. The molecule has 1 atom stereocenters. The maximum absolute atomic E-state index is 13.8. The molecule has 4 heterocycles. The largest absolute Gasteiger partial charge is 0.333 e. The van der Waals surface area contributed by atoms with Crippen molar-refractivity contribution in [2.24, 2.45) is 0 Å². The van der Waals surface area contributed by atoms with Gasteiger partial charge in [-0.3, -0.25) is 14.9 Å². The lowest BCUT2D eigenvalue weighted by Gasteiger charge is -2.28. The van der Waals surface area contributed by atoms with Crippen LogP contribution in [0.1, 0.15) is 78.4 Å². The topological polar surface area (TPSA) is 83.4 Å². The zero-order valence-electron chi connectivity index (χ0n) is 21.9. The maximum atomic E-state index is 13.8. The first-order chi connectivity index (χ1) is 17.1. The number of fused-ring (bicyclic) bond motifs is 1. The molecule has 1 N–H and O–H groups in total. The molecule has 2 aromatic heterocycles. The molecule has 2 aliphatic rings. The van der Waals surface area contributed by atoms with Crippen LogP contribution < -0.4 is 5.32 Å². The first-order valence-corrected chi connectivity index (χ1v) is 13.8. The molecule has 0 radical (unpaired) electrons. The van der Waals surface area contributed by atoms with E-state index >= 15 is 0 Å². The fourth-order valence-electron chi connectivity index (χ4n) is 5.39. The normalized spacial score (nSPS) is 18.9. The first kappa shape index (κ1) is 24.9. The van der Waals surface area contributed by atoms with Crippen molar-refractivity contribution in [3.05, 3.63) is 40.6 Å². The number of nitrogens with zero attached hydrogens (tertiary/aromatic N) is 5. The molecule has 192 valence electrons. The highest BCUT2D eigenvalue weighted by atomic mass is 32.1. The summed E-state index contributed by atoms with van der Waals surface area (Å²) in [6.07, 6.45) is 4.54. The van der Waals surface area contributed by atoms with Crippen molar-refractivity contribution in [3.63, 3.8) is 0 Å². The number of amides is 2. The Kier molecular flexibility index (Phi) is 6.63. The van der Waals surface area contributed by atoms with Crippen LogP contribution in [0.4, 0.5) is 5.13 Å². The minimum absolute atomic E-state index is 0.0272. The maximum Gasteiger partial charge on any atom is 0.276 e. The Morgan fingerprint density at radius 2 is 1.86 bits per heavy atom. The second-order valence-electron chi connectivity index (χ2n) is 11.2. The molecular formula is C27H36N6O2S. The Labute approximate surface area is 216 Å². The molecular weight excluding hydrogens is 472 g/mol. The lowest BCUT2D eigenvalue weighted by molar-refractivity contribution is 0.0703. The van der Waals surface area contributed by atoms with E-state index in [1.54, 1.807) is 0 Å². The third kappa shape index (κ3) is 4.78. The van der Waals surface area contributed by atoms with E-state index in [-0.39, 0.29) is 23.4 Å². The van der Waals surface area contributed by atoms with E-state index in [2.05, 4.69) is 10.2 Å². The summed E-state index contributed by atoms with van der Waals surface area (Å²) in [6.45, 7) is 14.0. The number of anilines is 1. The van der Waals surface area contributed by atoms with Gasteiger partial charge >= 0.3 is 0 Å². The molecule has 36 heavy (non-hydrogen) atoms. The zero-order valence-corrected chi connectivity index (χ0v) is 22.7. The number of hydrogen-bond acceptors (Lipinski definition) is 6. The second-order valence-corrected chi connectivity index (χ2v) is 12.2. The number of likely N-dealkylation sites (tertiary alicyclic amines) is 2. The fraction of sp³-hybridized carbons (Fsp3) is 0.556. The van der Waals surface area contributed by atoms with E-state index in [0.717, 1.165) is 54.8 Å². The SMILES string of the molecule is Cc1ccc(C(=O)Nc2nc3c(s2)c(C(=O)N2CCC[C@H]2CN2CCCC2)nn3C(C)(C)C)c(C)c1. The van der Waals surface area contributed by atoms with Gasteiger partial charge in [-0.15, -0.1) is 0 Å². The van der Waals surface area contributed by atoms with Crippen LogP contribution in [0, 0.1) is 13.8 Å². The van der Waals surface area contributed by atoms with Crippen molar-refractivity contribution in [2.45, 2.75) is 71.9 Å². The lowest BCUT2D eigenvalue weighted by Crippen LogP contribution is -2.42. The summed E-state index contributed by atoms with van der Waals surface area (Å²) in [5.41, 5.74) is 3.38. The minimum atomic E-state index is -0.361. The van der Waals surface area contributed by atoms with Gasteiger partial charge in [-0.25, -0.2) is 4.68 Å². The predicted octanol–water partition coefficient (Wildman–Crippen LogP) is 4.82. The number of aromatic nitrogens is 3. The third-order valence-electron chi connectivity index (χ3n) is 7.22. The summed E-state index contributed by atoms with van der Waals surface area (Å²) < 4.78 is 2.56. The van der Waals surface area contributed by atoms with Gasteiger partial charge in [0.15, 0.2) is 16.5 Å². The van der Waals surface area contributed by atoms with Gasteiger partial charge < -0.3 is 9.80 Å². The number of rotatable bonds is 5. The van der Waals surface area contributed by atoms with Gasteiger partial charge in [0.1, 0.15) is 4.70 Å². The molecule has 2 saturated heterocycles. The highest BCUT2D eigenvalue weighted by molar-refractivity contribution is 7.22. The summed E-state index contributed by atoms with van der Waals surface area (Å²) in [4.78, 5) is 36.1. The number of hydrogen-bond donors (Lipinski definition) is 1. The average Bonchev–Trinajstić information content (AvgIpc) is 3.57. The minimum Gasteiger partial charge on any atom is -0.333 e. The standard InChI is InChI=1S/C27H36N6O2S/c1-17-10-11-20(18(2)15-17)24(34)29-26-28-23-22(36-26)21(30-33(23)27(3,4)5)25(35)32-14-8-9-19(32)16-31-12-6-7-13-31/h10-11,15,19H,6-9,12-14,16H2,1-5H3,(H,28,29,34)/t19-/m0/s1. The molecule has 8 nitrogen and oxygen atoms in total. The van der Waals surface area contributed by atoms with Crippen molar-refractivity contribution in [2.75, 3.05) is 31.5 Å². The van der Waals surface area contributed by atoms with Gasteiger partial charge in [-0.1, -0.05) is 29.0 Å². The Morgan fingerprint density at radius 1 is 1.11 bits per heavy atom. The van der Waals surface area contributed by atoms with E-state index in [1.165, 1.54) is 24.2 Å². The highest BCUT2D eigenvalue weighted by Crippen LogP contribution is 2.34. The predicted molar refractivity (Wildman–Crippen MR) is 144 cm³/mol. The van der Waals surface area contributed by atoms with E-state index in [1.807, 2.05) is 62.4 Å². The number of carbonyl (C=O) groups is 2. The molecule has 5 rings (SSSR count). The summed E-state index contributed by atoms with van der Waals surface area (Å²) >= 11 is 1.33. The molecule has 2 fully saturated rings. The molecule has 0 spiro atoms. The summed E-state index contributed by atoms with van der Waals surface area (Å²) in [6, 6.07) is 5.99. The van der Waals surface area contributed by atoms with Gasteiger partial charge in [0.2, 0.25) is 0 Å². The monoisotopic (exact) mass is 508 g/mol. The first-order valence-electron chi connectivity index (χ1n) is 12.9. The van der Waals surface area contributed by atoms with Gasteiger partial charge in [0.25, 0.3) is 11.8 Å². The van der Waals surface area contributed by atoms with Crippen molar-refractivity contribution in [3.8, 4) is 0 Å². The molecule has 3 aromatic rings. The van der Waals surface area contributed by atoms with Crippen LogP contribution in [0.3, 0.4) is 0 Å². The third-order valence-corrected chi connectivity index (χ3v) is 8.18. The molecule has 0 aliphatic carbocycles. The van der Waals surface area contributed by atoms with Gasteiger partial charge in [-0.05, 0) is 85.0 Å². The van der Waals surface area contributed by atoms with E-state index < -0.39 is 0 Å². The molecule has 9 heteroatoms. The van der Waals surface area contributed by atoms with Crippen LogP contribution in [-0.2, 0) is 5.54 Å². The van der Waals surface area contributed by atoms with Crippen molar-refractivity contribution in [1.82, 2.24) is 24.6 Å². The second kappa shape index (κ2) is 9.59. The molecule has 1 aromatic carbocycles. The van der Waals surface area contributed by atoms with Gasteiger partial charge in [0.05, 0.1) is 5.54 Å². The van der Waals surface area contributed by atoms with E-state index in [4.69, 9.17) is 10.1 Å². The number of benzene rings is 1. The van der Waals surface area contributed by atoms with Crippen LogP contribution in [0.5, 0.6) is 0 Å². The van der Waals surface area contributed by atoms with Crippen LogP contribution in [0.15, 0.2) is 18.2 Å². The van der Waals surface area contributed by atoms with Crippen molar-refractivity contribution >= 4 is 38.6 Å². The van der Waals surface area contributed by atoms with Crippen LogP contribution in [0.25, 0.3) is 10.3 Å². The highest BCUT2D eigenvalue weighted by Gasteiger charge is 2.35. The zero-order chi connectivity index (χ0) is 25.6. The smallest absolute Gasteiger partial charge is 0.276 e. The summed E-state index contributed by atoms with van der Waals surface area (Å²) in [5.74, 6) is -0.224. The Hall–Kier alpha value is -2.78. The summed E-state index contributed by atoms with van der Waals surface area (Å²) in [5, 5.41) is 8.22. The van der Waals surface area contributed by atoms with Crippen molar-refractivity contribution < 1.29 is 9.59 Å².